The van der Waals surface area contributed by atoms with E-state index in [0.717, 1.165) is 5.56 Å². The maximum absolute atomic E-state index is 12.8. The van der Waals surface area contributed by atoms with Gasteiger partial charge in [-0.2, -0.15) is 0 Å². The minimum atomic E-state index is -3.85. The summed E-state index contributed by atoms with van der Waals surface area (Å²) in [6.07, 6.45) is 0. The largest absolute Gasteiger partial charge is 0.497 e. The molecule has 0 aromatic heterocycles. The van der Waals surface area contributed by atoms with Gasteiger partial charge < -0.3 is 19.5 Å². The highest BCUT2D eigenvalue weighted by Crippen LogP contribution is 2.28. The molecule has 0 fully saturated rings. The number of nitrogens with one attached hydrogen (secondary N) is 2. The van der Waals surface area contributed by atoms with Crippen LogP contribution in [0.2, 0.25) is 0 Å². The van der Waals surface area contributed by atoms with Gasteiger partial charge in [-0.1, -0.05) is 6.07 Å². The van der Waals surface area contributed by atoms with Crippen molar-refractivity contribution in [2.45, 2.75) is 11.8 Å². The summed E-state index contributed by atoms with van der Waals surface area (Å²) in [5.74, 6) is 0.986. The van der Waals surface area contributed by atoms with Crippen LogP contribution in [0.15, 0.2) is 65.6 Å². The number of amides is 1. The van der Waals surface area contributed by atoms with Gasteiger partial charge >= 0.3 is 0 Å². The van der Waals surface area contributed by atoms with Crippen molar-refractivity contribution in [2.75, 3.05) is 31.4 Å². The van der Waals surface area contributed by atoms with Gasteiger partial charge in [0, 0.05) is 17.3 Å². The van der Waals surface area contributed by atoms with Crippen LogP contribution in [0.25, 0.3) is 0 Å². The van der Waals surface area contributed by atoms with Crippen LogP contribution in [-0.2, 0) is 10.0 Å². The lowest BCUT2D eigenvalue weighted by Gasteiger charge is -2.13. The second-order valence-corrected chi connectivity index (χ2v) is 8.57. The molecular weight excluding hydrogens is 432 g/mol. The van der Waals surface area contributed by atoms with E-state index in [-0.39, 0.29) is 10.8 Å². The first-order valence-electron chi connectivity index (χ1n) is 9.57. The molecule has 0 aliphatic carbocycles. The van der Waals surface area contributed by atoms with Crippen molar-refractivity contribution < 1.29 is 27.4 Å². The number of benzene rings is 3. The fourth-order valence-corrected chi connectivity index (χ4v) is 4.03. The Kier molecular flexibility index (Phi) is 6.89. The van der Waals surface area contributed by atoms with Crippen LogP contribution in [0.4, 0.5) is 11.4 Å². The lowest BCUT2D eigenvalue weighted by molar-refractivity contribution is 0.102. The molecule has 0 radical (unpaired) electrons. The zero-order chi connectivity index (χ0) is 23.3. The molecule has 0 heterocycles. The predicted molar refractivity (Wildman–Crippen MR) is 122 cm³/mol. The first-order valence-corrected chi connectivity index (χ1v) is 11.1. The number of carbonyl (C=O) groups excluding carboxylic acids is 1. The highest BCUT2D eigenvalue weighted by molar-refractivity contribution is 7.92. The summed E-state index contributed by atoms with van der Waals surface area (Å²) in [6.45, 7) is 1.85. The molecule has 168 valence electrons. The van der Waals surface area contributed by atoms with Crippen LogP contribution >= 0.6 is 0 Å². The topological polar surface area (TPSA) is 103 Å². The van der Waals surface area contributed by atoms with Crippen molar-refractivity contribution in [1.29, 1.82) is 0 Å². The molecular formula is C23H24N2O6S. The molecule has 0 unspecified atom stereocenters. The molecule has 0 saturated heterocycles. The third-order valence-electron chi connectivity index (χ3n) is 4.64. The van der Waals surface area contributed by atoms with Gasteiger partial charge in [0.1, 0.15) is 17.2 Å². The second kappa shape index (κ2) is 9.61. The Morgan fingerprint density at radius 2 is 1.44 bits per heavy atom. The monoisotopic (exact) mass is 456 g/mol. The van der Waals surface area contributed by atoms with E-state index >= 15 is 0 Å². The molecule has 0 saturated carbocycles. The van der Waals surface area contributed by atoms with Crippen molar-refractivity contribution >= 4 is 27.3 Å². The number of carbonyl (C=O) groups is 1. The fourth-order valence-electron chi connectivity index (χ4n) is 2.96. The average molecular weight is 457 g/mol. The van der Waals surface area contributed by atoms with Crippen molar-refractivity contribution in [1.82, 2.24) is 0 Å². The van der Waals surface area contributed by atoms with Crippen LogP contribution < -0.4 is 24.2 Å². The summed E-state index contributed by atoms with van der Waals surface area (Å²) in [5, 5.41) is 2.73. The third kappa shape index (κ3) is 5.30. The standard InChI is InChI=1S/C23H24N2O6S/c1-15-5-10-22(31-4)21(11-15)25-32(27,28)20-8-6-17(7-9-20)24-23(26)16-12-18(29-2)14-19(13-16)30-3/h5-14,25H,1-4H3,(H,24,26). The number of methoxy groups -OCH3 is 3. The van der Waals surface area contributed by atoms with Crippen LogP contribution in [0.3, 0.4) is 0 Å². The van der Waals surface area contributed by atoms with Crippen molar-refractivity contribution in [2.24, 2.45) is 0 Å². The number of sulfonamides is 1. The summed E-state index contributed by atoms with van der Waals surface area (Å²) in [7, 11) is 0.608. The Labute approximate surface area is 187 Å². The molecule has 0 aliphatic rings. The predicted octanol–water partition coefficient (Wildman–Crippen LogP) is 4.07. The summed E-state index contributed by atoms with van der Waals surface area (Å²) in [4.78, 5) is 12.7. The average Bonchev–Trinajstić information content (AvgIpc) is 2.79. The molecule has 0 aliphatic heterocycles. The Bertz CT molecular complexity index is 1200. The number of aryl methyl sites for hydroxylation is 1. The van der Waals surface area contributed by atoms with E-state index in [0.29, 0.717) is 34.2 Å². The second-order valence-electron chi connectivity index (χ2n) is 6.89. The molecule has 3 aromatic carbocycles. The summed E-state index contributed by atoms with van der Waals surface area (Å²) in [5.41, 5.74) is 2.00. The minimum absolute atomic E-state index is 0.0436. The summed E-state index contributed by atoms with van der Waals surface area (Å²) >= 11 is 0. The van der Waals surface area contributed by atoms with Crippen molar-refractivity contribution in [3.05, 3.63) is 71.8 Å². The van der Waals surface area contributed by atoms with Crippen molar-refractivity contribution in [3.8, 4) is 17.2 Å². The molecule has 9 heteroatoms. The van der Waals surface area contributed by atoms with E-state index < -0.39 is 10.0 Å². The molecule has 3 aromatic rings. The zero-order valence-corrected chi connectivity index (χ0v) is 18.9. The normalized spacial score (nSPS) is 10.9. The SMILES string of the molecule is COc1cc(OC)cc(C(=O)Nc2ccc(S(=O)(=O)Nc3cc(C)ccc3OC)cc2)c1. The summed E-state index contributed by atoms with van der Waals surface area (Å²) in [6, 6.07) is 15.9. The van der Waals surface area contributed by atoms with Gasteiger partial charge in [0.15, 0.2) is 0 Å². The van der Waals surface area contributed by atoms with Crippen LogP contribution in [0.1, 0.15) is 15.9 Å². The number of ether oxygens (including phenoxy) is 3. The maximum Gasteiger partial charge on any atom is 0.262 e. The number of rotatable bonds is 8. The van der Waals surface area contributed by atoms with E-state index in [1.807, 2.05) is 13.0 Å². The van der Waals surface area contributed by atoms with E-state index in [1.54, 1.807) is 30.3 Å². The lowest BCUT2D eigenvalue weighted by Crippen LogP contribution is -2.15. The quantitative estimate of drug-likeness (QED) is 0.530. The highest BCUT2D eigenvalue weighted by Gasteiger charge is 2.17. The van der Waals surface area contributed by atoms with Crippen LogP contribution in [-0.4, -0.2) is 35.7 Å². The van der Waals surface area contributed by atoms with Gasteiger partial charge in [0.2, 0.25) is 0 Å². The molecule has 0 spiro atoms. The Balaban J connectivity index is 1.77. The van der Waals surface area contributed by atoms with Crippen LogP contribution in [0.5, 0.6) is 17.2 Å². The summed E-state index contributed by atoms with van der Waals surface area (Å²) < 4.78 is 43.7. The zero-order valence-electron chi connectivity index (χ0n) is 18.1. The molecule has 0 bridgehead atoms. The van der Waals surface area contributed by atoms with Gasteiger partial charge in [-0.15, -0.1) is 0 Å². The Morgan fingerprint density at radius 3 is 2.00 bits per heavy atom. The van der Waals surface area contributed by atoms with Gasteiger partial charge in [-0.25, -0.2) is 8.42 Å². The first-order chi connectivity index (χ1) is 15.2. The van der Waals surface area contributed by atoms with Gasteiger partial charge in [-0.05, 0) is 61.0 Å². The van der Waals surface area contributed by atoms with E-state index in [4.69, 9.17) is 14.2 Å². The maximum atomic E-state index is 12.8. The third-order valence-corrected chi connectivity index (χ3v) is 6.02. The fraction of sp³-hybridized carbons (Fsp3) is 0.174. The van der Waals surface area contributed by atoms with Crippen LogP contribution in [0, 0.1) is 6.92 Å². The van der Waals surface area contributed by atoms with Gasteiger partial charge in [0.05, 0.1) is 31.9 Å². The van der Waals surface area contributed by atoms with E-state index in [2.05, 4.69) is 10.0 Å². The Hall–Kier alpha value is -3.72. The minimum Gasteiger partial charge on any atom is -0.497 e. The number of hydrogen-bond acceptors (Lipinski definition) is 6. The van der Waals surface area contributed by atoms with E-state index in [9.17, 15) is 13.2 Å². The lowest BCUT2D eigenvalue weighted by atomic mass is 10.2. The molecule has 0 atom stereocenters. The van der Waals surface area contributed by atoms with Gasteiger partial charge in [-0.3, -0.25) is 9.52 Å². The highest BCUT2D eigenvalue weighted by atomic mass is 32.2. The molecule has 3 rings (SSSR count). The van der Waals surface area contributed by atoms with E-state index in [1.165, 1.54) is 45.6 Å². The Morgan fingerprint density at radius 1 is 0.812 bits per heavy atom. The first kappa shape index (κ1) is 23.0. The molecule has 32 heavy (non-hydrogen) atoms. The molecule has 8 nitrogen and oxygen atoms in total. The van der Waals surface area contributed by atoms with Crippen molar-refractivity contribution in [3.63, 3.8) is 0 Å². The number of anilines is 2. The van der Waals surface area contributed by atoms with Gasteiger partial charge in [0.25, 0.3) is 15.9 Å². The smallest absolute Gasteiger partial charge is 0.262 e. The molecule has 2 N–H and O–H groups in total. The molecule has 1 amide bonds. The number of hydrogen-bond donors (Lipinski definition) is 2.